The van der Waals surface area contributed by atoms with Gasteiger partial charge in [-0.25, -0.2) is 0 Å². The molecule has 0 spiro atoms. The zero-order valence-electron chi connectivity index (χ0n) is 10.6. The summed E-state index contributed by atoms with van der Waals surface area (Å²) in [7, 11) is 0. The Kier molecular flexibility index (Phi) is 3.04. The molecule has 0 saturated carbocycles. The summed E-state index contributed by atoms with van der Waals surface area (Å²) in [6, 6.07) is 13.1. The van der Waals surface area contributed by atoms with Crippen LogP contribution in [0.15, 0.2) is 47.8 Å². The molecule has 0 aliphatic rings. The minimum atomic E-state index is -0.471. The number of fused-ring (bicyclic) bond motifs is 1. The molecule has 0 aliphatic heterocycles. The number of anilines is 3. The molecule has 0 aliphatic carbocycles. The molecule has 5 heteroatoms. The van der Waals surface area contributed by atoms with E-state index >= 15 is 0 Å². The van der Waals surface area contributed by atoms with Gasteiger partial charge in [-0.15, -0.1) is 11.3 Å². The Labute approximate surface area is 120 Å². The van der Waals surface area contributed by atoms with Gasteiger partial charge in [-0.1, -0.05) is 0 Å². The maximum Gasteiger partial charge on any atom is 0.248 e. The smallest absolute Gasteiger partial charge is 0.248 e. The topological polar surface area (TPSA) is 81.1 Å². The van der Waals surface area contributed by atoms with Gasteiger partial charge in [-0.3, -0.25) is 4.79 Å². The lowest BCUT2D eigenvalue weighted by Gasteiger charge is -2.10. The van der Waals surface area contributed by atoms with Gasteiger partial charge < -0.3 is 16.8 Å². The van der Waals surface area contributed by atoms with Crippen LogP contribution in [0.3, 0.4) is 0 Å². The van der Waals surface area contributed by atoms with Crippen LogP contribution in [0.5, 0.6) is 0 Å². The zero-order chi connectivity index (χ0) is 14.1. The van der Waals surface area contributed by atoms with Gasteiger partial charge in [-0.2, -0.15) is 0 Å². The van der Waals surface area contributed by atoms with Crippen molar-refractivity contribution in [3.8, 4) is 0 Å². The van der Waals surface area contributed by atoms with Crippen LogP contribution in [-0.4, -0.2) is 5.91 Å². The molecule has 0 radical (unpaired) electrons. The molecule has 2 aromatic carbocycles. The lowest BCUT2D eigenvalue weighted by atomic mass is 10.1. The molecule has 4 nitrogen and oxygen atoms in total. The van der Waals surface area contributed by atoms with E-state index < -0.39 is 5.91 Å². The molecule has 0 saturated heterocycles. The number of nitrogens with two attached hydrogens (primary N) is 2. The Morgan fingerprint density at radius 1 is 1.10 bits per heavy atom. The van der Waals surface area contributed by atoms with Gasteiger partial charge in [0.25, 0.3) is 0 Å². The number of thiophene rings is 1. The van der Waals surface area contributed by atoms with E-state index in [0.717, 1.165) is 5.69 Å². The summed E-state index contributed by atoms with van der Waals surface area (Å²) in [5.74, 6) is -0.471. The molecule has 0 fully saturated rings. The van der Waals surface area contributed by atoms with Gasteiger partial charge in [0, 0.05) is 16.0 Å². The molecule has 1 heterocycles. The highest BCUT2D eigenvalue weighted by atomic mass is 32.1. The Morgan fingerprint density at radius 3 is 2.75 bits per heavy atom. The summed E-state index contributed by atoms with van der Waals surface area (Å²) in [5.41, 5.74) is 13.8. The van der Waals surface area contributed by atoms with Crippen molar-refractivity contribution in [3.05, 3.63) is 53.4 Å². The predicted octanol–water partition coefficient (Wildman–Crippen LogP) is 3.33. The van der Waals surface area contributed by atoms with Gasteiger partial charge >= 0.3 is 0 Å². The highest BCUT2D eigenvalue weighted by Gasteiger charge is 2.06. The van der Waals surface area contributed by atoms with Gasteiger partial charge in [0.05, 0.1) is 11.4 Å². The van der Waals surface area contributed by atoms with Crippen molar-refractivity contribution in [1.82, 2.24) is 0 Å². The summed E-state index contributed by atoms with van der Waals surface area (Å²) in [6.45, 7) is 0. The van der Waals surface area contributed by atoms with Crippen LogP contribution in [-0.2, 0) is 0 Å². The molecule has 0 atom stereocenters. The molecule has 1 aromatic heterocycles. The zero-order valence-corrected chi connectivity index (χ0v) is 11.4. The van der Waals surface area contributed by atoms with Crippen LogP contribution in [0.1, 0.15) is 10.4 Å². The first kappa shape index (κ1) is 12.5. The first-order chi connectivity index (χ1) is 9.63. The summed E-state index contributed by atoms with van der Waals surface area (Å²) >= 11 is 1.70. The third-order valence-electron chi connectivity index (χ3n) is 3.07. The average Bonchev–Trinajstić information content (AvgIpc) is 2.88. The third kappa shape index (κ3) is 2.31. The number of nitrogen functional groups attached to an aromatic ring is 1. The highest BCUT2D eigenvalue weighted by Crippen LogP contribution is 2.28. The van der Waals surface area contributed by atoms with Gasteiger partial charge in [-0.05, 0) is 53.2 Å². The summed E-state index contributed by atoms with van der Waals surface area (Å²) in [6.07, 6.45) is 0. The van der Waals surface area contributed by atoms with Crippen LogP contribution in [0.4, 0.5) is 17.1 Å². The second-order valence-corrected chi connectivity index (χ2v) is 5.41. The monoisotopic (exact) mass is 283 g/mol. The maximum atomic E-state index is 11.2. The number of carbonyl (C=O) groups excluding carboxylic acids is 1. The number of nitrogens with one attached hydrogen (secondary N) is 1. The standard InChI is InChI=1S/C15H13N3OS/c16-12-3-1-10(15(17)19)8-13(12)18-11-2-4-14-9(7-11)5-6-20-14/h1-8,18H,16H2,(H2,17,19). The second kappa shape index (κ2) is 4.86. The largest absolute Gasteiger partial charge is 0.397 e. The van der Waals surface area contributed by atoms with Crippen molar-refractivity contribution in [3.63, 3.8) is 0 Å². The molecular weight excluding hydrogens is 270 g/mol. The predicted molar refractivity (Wildman–Crippen MR) is 84.5 cm³/mol. The van der Waals surface area contributed by atoms with E-state index in [1.165, 1.54) is 10.1 Å². The third-order valence-corrected chi connectivity index (χ3v) is 3.97. The fourth-order valence-corrected chi connectivity index (χ4v) is 2.79. The van der Waals surface area contributed by atoms with E-state index in [0.29, 0.717) is 16.9 Å². The van der Waals surface area contributed by atoms with E-state index in [4.69, 9.17) is 11.5 Å². The fourth-order valence-electron chi connectivity index (χ4n) is 2.02. The number of amides is 1. The second-order valence-electron chi connectivity index (χ2n) is 4.46. The van der Waals surface area contributed by atoms with E-state index in [1.807, 2.05) is 12.1 Å². The van der Waals surface area contributed by atoms with Gasteiger partial charge in [0.15, 0.2) is 0 Å². The minimum Gasteiger partial charge on any atom is -0.397 e. The Bertz CT molecular complexity index is 795. The first-order valence-corrected chi connectivity index (χ1v) is 6.95. The Hall–Kier alpha value is -2.53. The molecule has 1 amide bonds. The summed E-state index contributed by atoms with van der Waals surface area (Å²) in [4.78, 5) is 11.2. The number of benzene rings is 2. The number of rotatable bonds is 3. The van der Waals surface area contributed by atoms with Crippen molar-refractivity contribution < 1.29 is 4.79 Å². The number of hydrogen-bond acceptors (Lipinski definition) is 4. The van der Waals surface area contributed by atoms with Gasteiger partial charge in [0.2, 0.25) is 5.91 Å². The lowest BCUT2D eigenvalue weighted by Crippen LogP contribution is -2.11. The molecule has 0 bridgehead atoms. The summed E-state index contributed by atoms with van der Waals surface area (Å²) in [5, 5.41) is 6.44. The van der Waals surface area contributed by atoms with Crippen LogP contribution in [0.25, 0.3) is 10.1 Å². The molecule has 3 aromatic rings. The maximum absolute atomic E-state index is 11.2. The van der Waals surface area contributed by atoms with Crippen LogP contribution < -0.4 is 16.8 Å². The average molecular weight is 283 g/mol. The lowest BCUT2D eigenvalue weighted by molar-refractivity contribution is 0.100. The number of hydrogen-bond donors (Lipinski definition) is 3. The van der Waals surface area contributed by atoms with Crippen molar-refractivity contribution in [2.45, 2.75) is 0 Å². The fraction of sp³-hybridized carbons (Fsp3) is 0. The van der Waals surface area contributed by atoms with Crippen molar-refractivity contribution in [1.29, 1.82) is 0 Å². The SMILES string of the molecule is NC(=O)c1ccc(N)c(Nc2ccc3sccc3c2)c1. The molecule has 3 rings (SSSR count). The van der Waals surface area contributed by atoms with Crippen LogP contribution >= 0.6 is 11.3 Å². The van der Waals surface area contributed by atoms with Crippen LogP contribution in [0.2, 0.25) is 0 Å². The van der Waals surface area contributed by atoms with Crippen molar-refractivity contribution in [2.75, 3.05) is 11.1 Å². The molecule has 100 valence electrons. The quantitative estimate of drug-likeness (QED) is 0.645. The van der Waals surface area contributed by atoms with E-state index in [9.17, 15) is 4.79 Å². The molecule has 0 unspecified atom stereocenters. The number of primary amides is 1. The molecular formula is C15H13N3OS. The first-order valence-electron chi connectivity index (χ1n) is 6.07. The normalized spacial score (nSPS) is 10.6. The van der Waals surface area contributed by atoms with Crippen molar-refractivity contribution in [2.24, 2.45) is 5.73 Å². The number of carbonyl (C=O) groups is 1. The van der Waals surface area contributed by atoms with Gasteiger partial charge in [0.1, 0.15) is 0 Å². The minimum absolute atomic E-state index is 0.429. The van der Waals surface area contributed by atoms with Crippen molar-refractivity contribution >= 4 is 44.4 Å². The highest BCUT2D eigenvalue weighted by molar-refractivity contribution is 7.17. The Morgan fingerprint density at radius 2 is 1.95 bits per heavy atom. The summed E-state index contributed by atoms with van der Waals surface area (Å²) < 4.78 is 1.23. The molecule has 5 N–H and O–H groups in total. The van der Waals surface area contributed by atoms with E-state index in [2.05, 4.69) is 22.8 Å². The Balaban J connectivity index is 1.97. The van der Waals surface area contributed by atoms with E-state index in [1.54, 1.807) is 29.5 Å². The molecule has 20 heavy (non-hydrogen) atoms. The van der Waals surface area contributed by atoms with Crippen LogP contribution in [0, 0.1) is 0 Å². The van der Waals surface area contributed by atoms with E-state index in [-0.39, 0.29) is 0 Å².